The van der Waals surface area contributed by atoms with E-state index in [1.807, 2.05) is 9.13 Å². The Kier molecular flexibility index (Phi) is 3.37. The van der Waals surface area contributed by atoms with E-state index in [1.54, 1.807) is 0 Å². The molecule has 4 heteroatoms. The van der Waals surface area contributed by atoms with Crippen molar-refractivity contribution >= 4 is 11.0 Å². The molecule has 1 aromatic carbocycles. The zero-order valence-corrected chi connectivity index (χ0v) is 13.4. The Morgan fingerprint density at radius 1 is 1.23 bits per heavy atom. The fraction of sp³-hybridized carbons (Fsp3) is 0.611. The number of para-hydroxylation sites is 1. The van der Waals surface area contributed by atoms with Crippen LogP contribution >= 0.6 is 0 Å². The van der Waals surface area contributed by atoms with Crippen LogP contribution in [0.5, 0.6) is 0 Å². The highest BCUT2D eigenvalue weighted by molar-refractivity contribution is 5.81. The van der Waals surface area contributed by atoms with Crippen LogP contribution in [0.4, 0.5) is 0 Å². The van der Waals surface area contributed by atoms with Crippen molar-refractivity contribution < 1.29 is 4.74 Å². The van der Waals surface area contributed by atoms with Crippen molar-refractivity contribution in [1.82, 2.24) is 9.13 Å². The first-order valence-electron chi connectivity index (χ1n) is 8.56. The molecule has 1 aromatic heterocycles. The molecule has 22 heavy (non-hydrogen) atoms. The van der Waals surface area contributed by atoms with Crippen LogP contribution < -0.4 is 5.69 Å². The van der Waals surface area contributed by atoms with Crippen LogP contribution in [0, 0.1) is 0 Å². The van der Waals surface area contributed by atoms with Gasteiger partial charge in [-0.2, -0.15) is 0 Å². The number of aromatic nitrogens is 2. The second kappa shape index (κ2) is 5.27. The molecule has 0 bridgehead atoms. The van der Waals surface area contributed by atoms with Crippen molar-refractivity contribution in [2.45, 2.75) is 70.7 Å². The zero-order valence-electron chi connectivity index (χ0n) is 13.4. The summed E-state index contributed by atoms with van der Waals surface area (Å²) in [5.74, 6) is 0.533. The van der Waals surface area contributed by atoms with Gasteiger partial charge in [-0.25, -0.2) is 4.79 Å². The number of nitrogens with zero attached hydrogens (tertiary/aromatic N) is 2. The molecule has 1 fully saturated rings. The van der Waals surface area contributed by atoms with Gasteiger partial charge in [-0.3, -0.25) is 9.13 Å². The number of imidazole rings is 1. The number of hydrogen-bond donors (Lipinski definition) is 0. The summed E-state index contributed by atoms with van der Waals surface area (Å²) in [5.41, 5.74) is 3.69. The maximum absolute atomic E-state index is 12.8. The summed E-state index contributed by atoms with van der Waals surface area (Å²) in [5, 5.41) is 0. The van der Waals surface area contributed by atoms with Crippen molar-refractivity contribution in [1.29, 1.82) is 0 Å². The predicted octanol–water partition coefficient (Wildman–Crippen LogP) is 3.27. The molecule has 0 amide bonds. The highest BCUT2D eigenvalue weighted by Gasteiger charge is 2.28. The second-order valence-corrected chi connectivity index (χ2v) is 6.82. The summed E-state index contributed by atoms with van der Waals surface area (Å²) in [7, 11) is 0. The highest BCUT2D eigenvalue weighted by atomic mass is 16.5. The molecule has 2 aromatic rings. The Hall–Kier alpha value is -1.55. The van der Waals surface area contributed by atoms with Gasteiger partial charge in [-0.15, -0.1) is 0 Å². The maximum Gasteiger partial charge on any atom is 0.329 e. The van der Waals surface area contributed by atoms with Gasteiger partial charge in [0.15, 0.2) is 0 Å². The first kappa shape index (κ1) is 14.1. The molecular weight excluding hydrogens is 276 g/mol. The fourth-order valence-electron chi connectivity index (χ4n) is 4.08. The Morgan fingerprint density at radius 2 is 2.05 bits per heavy atom. The fourth-order valence-corrected chi connectivity index (χ4v) is 4.08. The van der Waals surface area contributed by atoms with Gasteiger partial charge in [-0.1, -0.05) is 26.0 Å². The van der Waals surface area contributed by atoms with E-state index in [0.29, 0.717) is 18.6 Å². The van der Waals surface area contributed by atoms with Gasteiger partial charge in [0.25, 0.3) is 0 Å². The number of ether oxygens (including phenoxy) is 1. The van der Waals surface area contributed by atoms with Gasteiger partial charge in [0.05, 0.1) is 29.8 Å². The highest BCUT2D eigenvalue weighted by Crippen LogP contribution is 2.32. The number of hydrogen-bond acceptors (Lipinski definition) is 2. The minimum absolute atomic E-state index is 0.137. The summed E-state index contributed by atoms with van der Waals surface area (Å²) < 4.78 is 9.97. The minimum Gasteiger partial charge on any atom is -0.373 e. The lowest BCUT2D eigenvalue weighted by Crippen LogP contribution is -2.30. The van der Waals surface area contributed by atoms with Crippen LogP contribution in [0.25, 0.3) is 11.0 Å². The average molecular weight is 300 g/mol. The Balaban J connectivity index is 1.77. The maximum atomic E-state index is 12.8. The van der Waals surface area contributed by atoms with E-state index in [1.165, 1.54) is 5.56 Å². The molecule has 4 nitrogen and oxygen atoms in total. The number of rotatable bonds is 3. The van der Waals surface area contributed by atoms with Gasteiger partial charge in [0.2, 0.25) is 0 Å². The van der Waals surface area contributed by atoms with E-state index in [-0.39, 0.29) is 11.8 Å². The van der Waals surface area contributed by atoms with Crippen molar-refractivity contribution in [2.24, 2.45) is 0 Å². The summed E-state index contributed by atoms with van der Waals surface area (Å²) >= 11 is 0. The number of benzene rings is 1. The van der Waals surface area contributed by atoms with Crippen LogP contribution in [0.3, 0.4) is 0 Å². The molecule has 0 aliphatic carbocycles. The second-order valence-electron chi connectivity index (χ2n) is 6.82. The summed E-state index contributed by atoms with van der Waals surface area (Å²) in [4.78, 5) is 12.8. The average Bonchev–Trinajstić information content (AvgIpc) is 3.09. The SMILES string of the molecule is CCC1CCC(Cn2c(=O)n3c4c(cccc42)C(C)CC3)O1. The number of aryl methyl sites for hydroxylation is 1. The quantitative estimate of drug-likeness (QED) is 0.872. The molecule has 118 valence electrons. The van der Waals surface area contributed by atoms with Gasteiger partial charge in [-0.05, 0) is 43.2 Å². The van der Waals surface area contributed by atoms with Crippen LogP contribution in [0.15, 0.2) is 23.0 Å². The molecule has 2 aliphatic heterocycles. The smallest absolute Gasteiger partial charge is 0.329 e. The Labute approximate surface area is 130 Å². The molecule has 3 atom stereocenters. The molecule has 3 heterocycles. The topological polar surface area (TPSA) is 36.2 Å². The first-order valence-corrected chi connectivity index (χ1v) is 8.56. The standard InChI is InChI=1S/C18H24N2O2/c1-3-13-7-8-14(22-13)11-20-16-6-4-5-15-12(2)9-10-19(17(15)16)18(20)21/h4-6,12-14H,3,7-11H2,1-2H3. The van der Waals surface area contributed by atoms with Crippen molar-refractivity contribution in [3.63, 3.8) is 0 Å². The lowest BCUT2D eigenvalue weighted by atomic mass is 9.94. The summed E-state index contributed by atoms with van der Waals surface area (Å²) in [6.07, 6.45) is 4.86. The third-order valence-corrected chi connectivity index (χ3v) is 5.42. The molecule has 0 radical (unpaired) electrons. The molecule has 4 rings (SSSR count). The molecule has 0 saturated carbocycles. The van der Waals surface area contributed by atoms with E-state index in [0.717, 1.165) is 43.3 Å². The molecule has 1 saturated heterocycles. The van der Waals surface area contributed by atoms with E-state index in [9.17, 15) is 4.79 Å². The normalized spacial score (nSPS) is 27.6. The first-order chi connectivity index (χ1) is 10.7. The third kappa shape index (κ3) is 2.04. The van der Waals surface area contributed by atoms with Crippen molar-refractivity contribution in [2.75, 3.05) is 0 Å². The van der Waals surface area contributed by atoms with Gasteiger partial charge < -0.3 is 4.74 Å². The summed E-state index contributed by atoms with van der Waals surface area (Å²) in [6.45, 7) is 5.95. The molecule has 0 spiro atoms. The van der Waals surface area contributed by atoms with Crippen LogP contribution in [0.1, 0.15) is 51.0 Å². The Morgan fingerprint density at radius 3 is 2.82 bits per heavy atom. The van der Waals surface area contributed by atoms with Crippen LogP contribution in [0.2, 0.25) is 0 Å². The van der Waals surface area contributed by atoms with E-state index in [4.69, 9.17) is 4.74 Å². The lowest BCUT2D eigenvalue weighted by molar-refractivity contribution is 0.0341. The predicted molar refractivity (Wildman–Crippen MR) is 87.4 cm³/mol. The molecule has 0 N–H and O–H groups in total. The lowest BCUT2D eigenvalue weighted by Gasteiger charge is -2.20. The van der Waals surface area contributed by atoms with E-state index in [2.05, 4.69) is 32.0 Å². The minimum atomic E-state index is 0.137. The van der Waals surface area contributed by atoms with Crippen LogP contribution in [-0.2, 0) is 17.8 Å². The van der Waals surface area contributed by atoms with Crippen LogP contribution in [-0.4, -0.2) is 21.3 Å². The van der Waals surface area contributed by atoms with E-state index >= 15 is 0 Å². The summed E-state index contributed by atoms with van der Waals surface area (Å²) in [6, 6.07) is 6.34. The zero-order chi connectivity index (χ0) is 15.3. The molecule has 2 aliphatic rings. The molecular formula is C18H24N2O2. The van der Waals surface area contributed by atoms with E-state index < -0.39 is 0 Å². The van der Waals surface area contributed by atoms with Crippen molar-refractivity contribution in [3.8, 4) is 0 Å². The van der Waals surface area contributed by atoms with Crippen molar-refractivity contribution in [3.05, 3.63) is 34.2 Å². The third-order valence-electron chi connectivity index (χ3n) is 5.42. The monoisotopic (exact) mass is 300 g/mol. The molecule has 3 unspecified atom stereocenters. The Bertz CT molecular complexity index is 758. The largest absolute Gasteiger partial charge is 0.373 e. The van der Waals surface area contributed by atoms with Gasteiger partial charge in [0.1, 0.15) is 0 Å². The van der Waals surface area contributed by atoms with Gasteiger partial charge in [0, 0.05) is 6.54 Å². The van der Waals surface area contributed by atoms with Gasteiger partial charge >= 0.3 is 5.69 Å².